The Hall–Kier alpha value is -2.49. The molecule has 0 aliphatic carbocycles. The molecule has 23 heavy (non-hydrogen) atoms. The second-order valence-electron chi connectivity index (χ2n) is 5.27. The molecule has 4 heteroatoms. The van der Waals surface area contributed by atoms with Gasteiger partial charge in [0.15, 0.2) is 0 Å². The zero-order valence-corrected chi connectivity index (χ0v) is 13.6. The quantitative estimate of drug-likeness (QED) is 0.547. The van der Waals surface area contributed by atoms with Crippen LogP contribution in [0.2, 0.25) is 0 Å². The molecule has 0 aliphatic rings. The number of rotatable bonds is 8. The summed E-state index contributed by atoms with van der Waals surface area (Å²) >= 11 is 0. The molecule has 0 saturated heterocycles. The fraction of sp³-hybridized carbons (Fsp3) is 0.316. The van der Waals surface area contributed by atoms with Gasteiger partial charge in [-0.15, -0.1) is 0 Å². The highest BCUT2D eigenvalue weighted by Gasteiger charge is 2.04. The van der Waals surface area contributed by atoms with Crippen molar-refractivity contribution in [3.63, 3.8) is 0 Å². The Morgan fingerprint density at radius 2 is 1.61 bits per heavy atom. The van der Waals surface area contributed by atoms with E-state index >= 15 is 0 Å². The van der Waals surface area contributed by atoms with Crippen LogP contribution >= 0.6 is 0 Å². The molecule has 0 bridgehead atoms. The van der Waals surface area contributed by atoms with Crippen molar-refractivity contribution < 1.29 is 19.0 Å². The Bertz CT molecular complexity index is 602. The van der Waals surface area contributed by atoms with Crippen molar-refractivity contribution in [2.75, 3.05) is 13.7 Å². The van der Waals surface area contributed by atoms with Crippen LogP contribution in [0, 0.1) is 6.92 Å². The van der Waals surface area contributed by atoms with Crippen LogP contribution in [0.1, 0.15) is 24.0 Å². The van der Waals surface area contributed by atoms with Crippen LogP contribution in [0.4, 0.5) is 0 Å². The van der Waals surface area contributed by atoms with Gasteiger partial charge in [-0.1, -0.05) is 29.8 Å². The third-order valence-electron chi connectivity index (χ3n) is 3.37. The predicted octanol–water partition coefficient (Wildman–Crippen LogP) is 3.91. The maximum Gasteiger partial charge on any atom is 0.306 e. The van der Waals surface area contributed by atoms with Crippen molar-refractivity contribution in [3.8, 4) is 11.5 Å². The van der Waals surface area contributed by atoms with E-state index in [9.17, 15) is 4.79 Å². The number of methoxy groups -OCH3 is 1. The Labute approximate surface area is 137 Å². The van der Waals surface area contributed by atoms with Crippen molar-refractivity contribution in [1.82, 2.24) is 0 Å². The lowest BCUT2D eigenvalue weighted by molar-refractivity contribution is -0.145. The summed E-state index contributed by atoms with van der Waals surface area (Å²) in [5, 5.41) is 0. The summed E-state index contributed by atoms with van der Waals surface area (Å²) in [5.41, 5.74) is 2.19. The highest BCUT2D eigenvalue weighted by Crippen LogP contribution is 2.17. The van der Waals surface area contributed by atoms with Crippen LogP contribution in [0.25, 0.3) is 0 Å². The minimum absolute atomic E-state index is 0.205. The molecule has 0 heterocycles. The molecule has 122 valence electrons. The molecule has 0 N–H and O–H groups in total. The Morgan fingerprint density at radius 1 is 0.957 bits per heavy atom. The molecular formula is C19H22O4. The lowest BCUT2D eigenvalue weighted by atomic mass is 10.2. The zero-order valence-electron chi connectivity index (χ0n) is 13.6. The second-order valence-corrected chi connectivity index (χ2v) is 5.27. The maximum absolute atomic E-state index is 11.7. The van der Waals surface area contributed by atoms with Gasteiger partial charge in [0, 0.05) is 6.42 Å². The summed E-state index contributed by atoms with van der Waals surface area (Å²) in [6.45, 7) is 2.82. The number of carbonyl (C=O) groups is 1. The SMILES string of the molecule is COc1ccc(OCCCC(=O)OCc2ccc(C)cc2)cc1. The van der Waals surface area contributed by atoms with Crippen LogP contribution in [0.15, 0.2) is 48.5 Å². The molecule has 0 fully saturated rings. The van der Waals surface area contributed by atoms with Crippen molar-refractivity contribution in [1.29, 1.82) is 0 Å². The monoisotopic (exact) mass is 314 g/mol. The third-order valence-corrected chi connectivity index (χ3v) is 3.37. The van der Waals surface area contributed by atoms with Crippen molar-refractivity contribution in [3.05, 3.63) is 59.7 Å². The summed E-state index contributed by atoms with van der Waals surface area (Å²) in [6, 6.07) is 15.3. The van der Waals surface area contributed by atoms with E-state index in [1.54, 1.807) is 7.11 Å². The van der Waals surface area contributed by atoms with E-state index in [4.69, 9.17) is 14.2 Å². The molecule has 0 amide bonds. The first-order valence-corrected chi connectivity index (χ1v) is 7.65. The number of hydrogen-bond donors (Lipinski definition) is 0. The summed E-state index contributed by atoms with van der Waals surface area (Å²) in [6.07, 6.45) is 0.973. The maximum atomic E-state index is 11.7. The molecule has 0 aliphatic heterocycles. The minimum Gasteiger partial charge on any atom is -0.497 e. The van der Waals surface area contributed by atoms with Gasteiger partial charge in [0.25, 0.3) is 0 Å². The highest BCUT2D eigenvalue weighted by atomic mass is 16.5. The first kappa shape index (κ1) is 16.9. The third kappa shape index (κ3) is 6.02. The molecule has 2 aromatic carbocycles. The average Bonchev–Trinajstić information content (AvgIpc) is 2.59. The van der Waals surface area contributed by atoms with Crippen LogP contribution in [0.3, 0.4) is 0 Å². The van der Waals surface area contributed by atoms with Crippen molar-refractivity contribution in [2.45, 2.75) is 26.4 Å². The van der Waals surface area contributed by atoms with Gasteiger partial charge in [0.05, 0.1) is 13.7 Å². The molecule has 0 radical (unpaired) electrons. The number of hydrogen-bond acceptors (Lipinski definition) is 4. The zero-order chi connectivity index (χ0) is 16.5. The van der Waals surface area contributed by atoms with Crippen LogP contribution in [0.5, 0.6) is 11.5 Å². The van der Waals surface area contributed by atoms with Gasteiger partial charge >= 0.3 is 5.97 Å². The Kier molecular flexibility index (Phi) is 6.48. The minimum atomic E-state index is -0.205. The standard InChI is InChI=1S/C19H22O4/c1-15-5-7-16(8-6-15)14-23-19(20)4-3-13-22-18-11-9-17(21-2)10-12-18/h5-12H,3-4,13-14H2,1-2H3. The molecule has 4 nitrogen and oxygen atoms in total. The Morgan fingerprint density at radius 3 is 2.26 bits per heavy atom. The van der Waals surface area contributed by atoms with Gasteiger partial charge in [-0.3, -0.25) is 4.79 Å². The van der Waals surface area contributed by atoms with E-state index in [-0.39, 0.29) is 5.97 Å². The number of carbonyl (C=O) groups excluding carboxylic acids is 1. The predicted molar refractivity (Wildman–Crippen MR) is 88.7 cm³/mol. The first-order valence-electron chi connectivity index (χ1n) is 7.65. The Balaban J connectivity index is 1.61. The molecule has 0 unspecified atom stereocenters. The molecule has 0 spiro atoms. The summed E-state index contributed by atoms with van der Waals surface area (Å²) < 4.78 is 15.9. The van der Waals surface area contributed by atoms with Gasteiger partial charge in [-0.05, 0) is 43.2 Å². The summed E-state index contributed by atoms with van der Waals surface area (Å²) in [5.74, 6) is 1.35. The van der Waals surface area contributed by atoms with Crippen molar-refractivity contribution >= 4 is 5.97 Å². The second kappa shape index (κ2) is 8.83. The number of benzene rings is 2. The topological polar surface area (TPSA) is 44.8 Å². The smallest absolute Gasteiger partial charge is 0.306 e. The van der Waals surface area contributed by atoms with E-state index in [1.165, 1.54) is 5.56 Å². The lowest BCUT2D eigenvalue weighted by Crippen LogP contribution is -2.07. The number of esters is 1. The molecule has 0 aromatic heterocycles. The highest BCUT2D eigenvalue weighted by molar-refractivity contribution is 5.69. The van der Waals surface area contributed by atoms with E-state index in [0.29, 0.717) is 26.1 Å². The van der Waals surface area contributed by atoms with Crippen LogP contribution in [-0.4, -0.2) is 19.7 Å². The van der Waals surface area contributed by atoms with Crippen LogP contribution < -0.4 is 9.47 Å². The van der Waals surface area contributed by atoms with Crippen LogP contribution in [-0.2, 0) is 16.1 Å². The molecule has 0 saturated carbocycles. The van der Waals surface area contributed by atoms with Gasteiger partial charge in [0.2, 0.25) is 0 Å². The fourth-order valence-electron chi connectivity index (χ4n) is 2.00. The summed E-state index contributed by atoms with van der Waals surface area (Å²) in [4.78, 5) is 11.7. The molecule has 2 rings (SSSR count). The van der Waals surface area contributed by atoms with Gasteiger partial charge in [0.1, 0.15) is 18.1 Å². The largest absolute Gasteiger partial charge is 0.497 e. The van der Waals surface area contributed by atoms with E-state index < -0.39 is 0 Å². The number of ether oxygens (including phenoxy) is 3. The first-order chi connectivity index (χ1) is 11.2. The van der Waals surface area contributed by atoms with Gasteiger partial charge in [-0.2, -0.15) is 0 Å². The fourth-order valence-corrected chi connectivity index (χ4v) is 2.00. The van der Waals surface area contributed by atoms with E-state index in [2.05, 4.69) is 0 Å². The van der Waals surface area contributed by atoms with E-state index in [0.717, 1.165) is 17.1 Å². The summed E-state index contributed by atoms with van der Waals surface area (Å²) in [7, 11) is 1.62. The normalized spacial score (nSPS) is 10.2. The van der Waals surface area contributed by atoms with Crippen molar-refractivity contribution in [2.24, 2.45) is 0 Å². The van der Waals surface area contributed by atoms with E-state index in [1.807, 2.05) is 55.5 Å². The number of aryl methyl sites for hydroxylation is 1. The molecule has 0 atom stereocenters. The molecule has 2 aromatic rings. The van der Waals surface area contributed by atoms with Gasteiger partial charge in [-0.25, -0.2) is 0 Å². The average molecular weight is 314 g/mol. The lowest BCUT2D eigenvalue weighted by Gasteiger charge is -2.08. The molecular weight excluding hydrogens is 292 g/mol. The van der Waals surface area contributed by atoms with Gasteiger partial charge < -0.3 is 14.2 Å².